The van der Waals surface area contributed by atoms with Crippen LogP contribution in [-0.2, 0) is 13.0 Å². The van der Waals surface area contributed by atoms with Crippen LogP contribution in [0.1, 0.15) is 45.9 Å². The minimum atomic E-state index is -1.84. The van der Waals surface area contributed by atoms with Gasteiger partial charge in [-0.15, -0.1) is 0 Å². The standard InChI is InChI=1S/C33H25Cl2NO11/c34-20-12-21(35)14-23(13-20)44-22-8-3-5-18(11-22)17-36(26-10-4-7-19-6-1-2-9-24(19)26)30(37)25-15-28(46-32(40)41)29(47-33(42)43)16-27(25)45-31(38)39/h1-3,5-6,8-9,11-16,26H,4,7,10,17H2,(H,38,39)(H,40,41)(H,42,43)/t26-/m0/s1. The Morgan fingerprint density at radius 2 is 1.36 bits per heavy atom. The second-order valence-electron chi connectivity index (χ2n) is 10.3. The maximum absolute atomic E-state index is 14.5. The van der Waals surface area contributed by atoms with E-state index in [2.05, 4.69) is 4.74 Å². The molecule has 1 aliphatic rings. The van der Waals surface area contributed by atoms with E-state index < -0.39 is 53.2 Å². The van der Waals surface area contributed by atoms with Gasteiger partial charge in [0.05, 0.1) is 11.6 Å². The molecule has 12 nitrogen and oxygen atoms in total. The summed E-state index contributed by atoms with van der Waals surface area (Å²) in [6, 6.07) is 20.4. The molecular formula is C33H25Cl2NO11. The summed E-state index contributed by atoms with van der Waals surface area (Å²) in [6.07, 6.45) is -3.42. The Hall–Kier alpha value is -5.46. The minimum absolute atomic E-state index is 0.0135. The summed E-state index contributed by atoms with van der Waals surface area (Å²) < 4.78 is 20.1. The highest BCUT2D eigenvalue weighted by molar-refractivity contribution is 6.34. The number of ether oxygens (including phenoxy) is 4. The molecule has 1 atom stereocenters. The molecule has 0 radical (unpaired) electrons. The number of aryl methyl sites for hydroxylation is 1. The maximum Gasteiger partial charge on any atom is 0.511 e. The lowest BCUT2D eigenvalue weighted by atomic mass is 9.86. The summed E-state index contributed by atoms with van der Waals surface area (Å²) in [6.45, 7) is -0.0135. The van der Waals surface area contributed by atoms with Crippen molar-refractivity contribution in [2.45, 2.75) is 31.8 Å². The number of rotatable bonds is 9. The van der Waals surface area contributed by atoms with Crippen molar-refractivity contribution in [2.75, 3.05) is 0 Å². The maximum atomic E-state index is 14.5. The molecule has 14 heteroatoms. The molecule has 3 N–H and O–H groups in total. The highest BCUT2D eigenvalue weighted by Gasteiger charge is 2.33. The molecule has 0 unspecified atom stereocenters. The van der Waals surface area contributed by atoms with Crippen LogP contribution in [0.3, 0.4) is 0 Å². The molecule has 1 aliphatic carbocycles. The van der Waals surface area contributed by atoms with Gasteiger partial charge in [-0.05, 0) is 66.3 Å². The van der Waals surface area contributed by atoms with Crippen LogP contribution in [0, 0.1) is 0 Å². The molecule has 1 amide bonds. The number of carbonyl (C=O) groups is 4. The number of halogens is 2. The number of hydrogen-bond acceptors (Lipinski definition) is 8. The van der Waals surface area contributed by atoms with Crippen molar-refractivity contribution >= 4 is 47.6 Å². The number of carbonyl (C=O) groups excluding carboxylic acids is 1. The molecule has 47 heavy (non-hydrogen) atoms. The average molecular weight is 682 g/mol. The van der Waals surface area contributed by atoms with Crippen LogP contribution < -0.4 is 18.9 Å². The monoisotopic (exact) mass is 681 g/mol. The molecular weight excluding hydrogens is 657 g/mol. The van der Waals surface area contributed by atoms with Crippen molar-refractivity contribution in [3.05, 3.63) is 111 Å². The molecule has 0 saturated carbocycles. The van der Waals surface area contributed by atoms with Crippen molar-refractivity contribution in [3.8, 4) is 28.7 Å². The molecule has 5 rings (SSSR count). The molecule has 0 spiro atoms. The highest BCUT2D eigenvalue weighted by atomic mass is 35.5. The molecule has 0 aromatic heterocycles. The third-order valence-corrected chi connectivity index (χ3v) is 7.60. The van der Waals surface area contributed by atoms with Gasteiger partial charge < -0.3 is 39.2 Å². The van der Waals surface area contributed by atoms with Crippen LogP contribution in [0.15, 0.2) is 78.9 Å². The van der Waals surface area contributed by atoms with Crippen molar-refractivity contribution in [2.24, 2.45) is 0 Å². The van der Waals surface area contributed by atoms with Gasteiger partial charge in [-0.25, -0.2) is 14.4 Å². The van der Waals surface area contributed by atoms with Gasteiger partial charge >= 0.3 is 18.5 Å². The second-order valence-corrected chi connectivity index (χ2v) is 11.2. The zero-order valence-corrected chi connectivity index (χ0v) is 25.7. The molecule has 0 heterocycles. The number of nitrogens with zero attached hydrogens (tertiary/aromatic N) is 1. The van der Waals surface area contributed by atoms with E-state index >= 15 is 0 Å². The number of hydrogen-bond donors (Lipinski definition) is 3. The summed E-state index contributed by atoms with van der Waals surface area (Å²) in [7, 11) is 0. The van der Waals surface area contributed by atoms with Gasteiger partial charge in [0, 0.05) is 28.7 Å². The van der Waals surface area contributed by atoms with Crippen molar-refractivity contribution in [1.82, 2.24) is 4.90 Å². The van der Waals surface area contributed by atoms with Gasteiger partial charge in [-0.2, -0.15) is 0 Å². The van der Waals surface area contributed by atoms with E-state index in [-0.39, 0.29) is 6.54 Å². The Bertz CT molecular complexity index is 1840. The molecule has 0 bridgehead atoms. The number of carboxylic acid groups (broad SMARTS) is 3. The van der Waals surface area contributed by atoms with Crippen molar-refractivity contribution in [3.63, 3.8) is 0 Å². The predicted octanol–water partition coefficient (Wildman–Crippen LogP) is 8.68. The first-order chi connectivity index (χ1) is 22.5. The summed E-state index contributed by atoms with van der Waals surface area (Å²) in [4.78, 5) is 50.4. The van der Waals surface area contributed by atoms with Gasteiger partial charge in [0.1, 0.15) is 11.5 Å². The molecule has 0 aliphatic heterocycles. The van der Waals surface area contributed by atoms with E-state index in [1.165, 1.54) is 4.90 Å². The second kappa shape index (κ2) is 14.3. The van der Waals surface area contributed by atoms with E-state index in [0.717, 1.165) is 36.1 Å². The molecule has 4 aromatic carbocycles. The number of fused-ring (bicyclic) bond motifs is 1. The van der Waals surface area contributed by atoms with E-state index in [1.54, 1.807) is 42.5 Å². The van der Waals surface area contributed by atoms with Crippen molar-refractivity contribution in [1.29, 1.82) is 0 Å². The Labute approximate surface area is 277 Å². The quantitative estimate of drug-likeness (QED) is 0.114. The zero-order chi connectivity index (χ0) is 33.7. The molecule has 242 valence electrons. The van der Waals surface area contributed by atoms with Crippen LogP contribution in [0.25, 0.3) is 0 Å². The van der Waals surface area contributed by atoms with Crippen LogP contribution in [0.2, 0.25) is 10.0 Å². The predicted molar refractivity (Wildman–Crippen MR) is 167 cm³/mol. The van der Waals surface area contributed by atoms with E-state index in [0.29, 0.717) is 33.5 Å². The van der Waals surface area contributed by atoms with E-state index in [4.69, 9.17) is 42.5 Å². The fraction of sp³-hybridized carbons (Fsp3) is 0.152. The molecule has 0 saturated heterocycles. The van der Waals surface area contributed by atoms with Crippen LogP contribution in [0.4, 0.5) is 14.4 Å². The lowest BCUT2D eigenvalue weighted by molar-refractivity contribution is 0.0633. The normalized spacial score (nSPS) is 13.5. The Morgan fingerprint density at radius 3 is 2.04 bits per heavy atom. The van der Waals surface area contributed by atoms with E-state index in [9.17, 15) is 29.4 Å². The van der Waals surface area contributed by atoms with Gasteiger partial charge in [0.2, 0.25) is 0 Å². The number of amides is 1. The molecule has 0 fully saturated rings. The SMILES string of the molecule is O=C(O)Oc1cc(OC(=O)O)c(C(=O)N(Cc2cccc(Oc3cc(Cl)cc(Cl)c3)c2)[C@H]2CCCc3ccccc32)cc1OC(=O)O. The Morgan fingerprint density at radius 1 is 0.723 bits per heavy atom. The van der Waals surface area contributed by atoms with Gasteiger partial charge in [0.15, 0.2) is 17.2 Å². The average Bonchev–Trinajstić information content (AvgIpc) is 2.99. The third kappa shape index (κ3) is 8.23. The minimum Gasteiger partial charge on any atom is -0.457 e. The Balaban J connectivity index is 1.60. The zero-order valence-electron chi connectivity index (χ0n) is 24.2. The van der Waals surface area contributed by atoms with E-state index in [1.807, 2.05) is 24.3 Å². The topological polar surface area (TPSA) is 169 Å². The summed E-state index contributed by atoms with van der Waals surface area (Å²) >= 11 is 12.2. The lowest BCUT2D eigenvalue weighted by Gasteiger charge is -2.36. The fourth-order valence-electron chi connectivity index (χ4n) is 5.39. The Kier molecular flexibility index (Phi) is 10.0. The van der Waals surface area contributed by atoms with Crippen molar-refractivity contribution < 1.29 is 53.4 Å². The van der Waals surface area contributed by atoms with Gasteiger partial charge in [0.25, 0.3) is 5.91 Å². The smallest absolute Gasteiger partial charge is 0.457 e. The van der Waals surface area contributed by atoms with Crippen LogP contribution >= 0.6 is 23.2 Å². The summed E-state index contributed by atoms with van der Waals surface area (Å²) in [5.41, 5.74) is 2.12. The van der Waals surface area contributed by atoms with Crippen LogP contribution in [-0.4, -0.2) is 44.6 Å². The summed E-state index contributed by atoms with van der Waals surface area (Å²) in [5, 5.41) is 28.6. The fourth-order valence-corrected chi connectivity index (χ4v) is 5.90. The van der Waals surface area contributed by atoms with Crippen LogP contribution in [0.5, 0.6) is 28.7 Å². The largest absolute Gasteiger partial charge is 0.511 e. The summed E-state index contributed by atoms with van der Waals surface area (Å²) in [5.74, 6) is -1.92. The first-order valence-electron chi connectivity index (χ1n) is 14.0. The first-order valence-corrected chi connectivity index (χ1v) is 14.7. The molecule has 4 aromatic rings. The van der Waals surface area contributed by atoms with Gasteiger partial charge in [-0.1, -0.05) is 59.6 Å². The first kappa shape index (κ1) is 32.9. The highest BCUT2D eigenvalue weighted by Crippen LogP contribution is 2.41. The lowest BCUT2D eigenvalue weighted by Crippen LogP contribution is -2.36. The third-order valence-electron chi connectivity index (χ3n) is 7.17. The number of benzene rings is 4. The van der Waals surface area contributed by atoms with Gasteiger partial charge in [-0.3, -0.25) is 4.79 Å².